The molecule has 0 radical (unpaired) electrons. The zero-order chi connectivity index (χ0) is 16.7. The zero-order valence-corrected chi connectivity index (χ0v) is 12.8. The van der Waals surface area contributed by atoms with E-state index >= 15 is 0 Å². The molecule has 0 aliphatic heterocycles. The first-order chi connectivity index (χ1) is 11.1. The Kier molecular flexibility index (Phi) is 5.88. The summed E-state index contributed by atoms with van der Waals surface area (Å²) in [7, 11) is 0. The van der Waals surface area contributed by atoms with Crippen LogP contribution in [0.2, 0.25) is 0 Å². The van der Waals surface area contributed by atoms with Gasteiger partial charge in [-0.05, 0) is 23.8 Å². The smallest absolute Gasteiger partial charge is 0.340 e. The predicted octanol–water partition coefficient (Wildman–Crippen LogP) is 3.49. The van der Waals surface area contributed by atoms with Crippen LogP contribution in [0.3, 0.4) is 0 Å². The van der Waals surface area contributed by atoms with Crippen LogP contribution in [0.5, 0.6) is 0 Å². The lowest BCUT2D eigenvalue weighted by Crippen LogP contribution is -2.21. The van der Waals surface area contributed by atoms with E-state index in [1.165, 1.54) is 24.3 Å². The lowest BCUT2D eigenvalue weighted by molar-refractivity contribution is -0.118. The molecule has 23 heavy (non-hydrogen) atoms. The average Bonchev–Trinajstić information content (AvgIpc) is 2.59. The molecule has 0 aromatic heterocycles. The second-order valence-corrected chi connectivity index (χ2v) is 4.93. The lowest BCUT2D eigenvalue weighted by Gasteiger charge is -2.17. The van der Waals surface area contributed by atoms with Crippen LogP contribution in [-0.2, 0) is 16.1 Å². The topological polar surface area (TPSA) is 72.8 Å². The summed E-state index contributed by atoms with van der Waals surface area (Å²) in [6, 6.07) is 15.3. The summed E-state index contributed by atoms with van der Waals surface area (Å²) in [6.45, 7) is 2.18. The molecule has 2 rings (SSSR count). The van der Waals surface area contributed by atoms with Gasteiger partial charge in [-0.25, -0.2) is 9.59 Å². The summed E-state index contributed by atoms with van der Waals surface area (Å²) >= 11 is 0. The first kappa shape index (κ1) is 16.7. The highest BCUT2D eigenvalue weighted by Gasteiger charge is 2.16. The third-order valence-corrected chi connectivity index (χ3v) is 3.20. The standard InChI is InChI=1S/C18H18O5/c1-2-16(22-12-13-7-4-3-5-8-13)23-18(21)15-10-6-9-14(11-15)17(19)20/h3-11,16H,2,12H2,1H3,(H,19,20). The molecule has 2 aromatic carbocycles. The Balaban J connectivity index is 1.96. The van der Waals surface area contributed by atoms with Crippen molar-refractivity contribution in [2.75, 3.05) is 0 Å². The highest BCUT2D eigenvalue weighted by atomic mass is 16.7. The largest absolute Gasteiger partial charge is 0.478 e. The monoisotopic (exact) mass is 314 g/mol. The van der Waals surface area contributed by atoms with Gasteiger partial charge >= 0.3 is 11.9 Å². The predicted molar refractivity (Wildman–Crippen MR) is 84.1 cm³/mol. The van der Waals surface area contributed by atoms with Gasteiger partial charge in [0.25, 0.3) is 0 Å². The van der Waals surface area contributed by atoms with E-state index in [9.17, 15) is 9.59 Å². The Bertz CT molecular complexity index is 666. The molecule has 0 amide bonds. The normalized spacial score (nSPS) is 11.7. The minimum Gasteiger partial charge on any atom is -0.478 e. The van der Waals surface area contributed by atoms with Gasteiger partial charge < -0.3 is 14.6 Å². The van der Waals surface area contributed by atoms with Crippen LogP contribution in [0.4, 0.5) is 0 Å². The third-order valence-electron chi connectivity index (χ3n) is 3.20. The van der Waals surface area contributed by atoms with Gasteiger partial charge in [0.05, 0.1) is 17.7 Å². The molecule has 0 heterocycles. The fourth-order valence-electron chi connectivity index (χ4n) is 1.97. The number of hydrogen-bond acceptors (Lipinski definition) is 4. The summed E-state index contributed by atoms with van der Waals surface area (Å²) in [5, 5.41) is 8.95. The fourth-order valence-corrected chi connectivity index (χ4v) is 1.97. The van der Waals surface area contributed by atoms with Crippen molar-refractivity contribution in [3.63, 3.8) is 0 Å². The van der Waals surface area contributed by atoms with Crippen molar-refractivity contribution >= 4 is 11.9 Å². The molecule has 2 aromatic rings. The van der Waals surface area contributed by atoms with Gasteiger partial charge in [-0.1, -0.05) is 43.3 Å². The van der Waals surface area contributed by atoms with Gasteiger partial charge in [0, 0.05) is 6.42 Å². The number of aromatic carboxylic acids is 1. The van der Waals surface area contributed by atoms with Crippen molar-refractivity contribution in [3.8, 4) is 0 Å². The summed E-state index contributed by atoms with van der Waals surface area (Å²) in [5.41, 5.74) is 1.21. The van der Waals surface area contributed by atoms with E-state index in [0.717, 1.165) is 5.56 Å². The van der Waals surface area contributed by atoms with Crippen LogP contribution in [0, 0.1) is 0 Å². The van der Waals surface area contributed by atoms with Crippen molar-refractivity contribution < 1.29 is 24.2 Å². The van der Waals surface area contributed by atoms with Crippen LogP contribution in [0.1, 0.15) is 39.6 Å². The molecule has 5 nitrogen and oxygen atoms in total. The maximum Gasteiger partial charge on any atom is 0.340 e. The molecular weight excluding hydrogens is 296 g/mol. The SMILES string of the molecule is CCC(OCc1ccccc1)OC(=O)c1cccc(C(=O)O)c1. The molecule has 5 heteroatoms. The minimum atomic E-state index is -1.09. The van der Waals surface area contributed by atoms with Gasteiger partial charge in [-0.2, -0.15) is 0 Å². The average molecular weight is 314 g/mol. The van der Waals surface area contributed by atoms with E-state index in [4.69, 9.17) is 14.6 Å². The van der Waals surface area contributed by atoms with E-state index < -0.39 is 18.2 Å². The Morgan fingerprint density at radius 3 is 2.39 bits per heavy atom. The van der Waals surface area contributed by atoms with Gasteiger partial charge in [0.2, 0.25) is 6.29 Å². The summed E-state index contributed by atoms with van der Waals surface area (Å²) in [5.74, 6) is -1.69. The third kappa shape index (κ3) is 4.93. The number of esters is 1. The summed E-state index contributed by atoms with van der Waals surface area (Å²) < 4.78 is 10.9. The molecule has 0 spiro atoms. The minimum absolute atomic E-state index is 0.0395. The number of rotatable bonds is 7. The Morgan fingerprint density at radius 2 is 1.74 bits per heavy atom. The maximum atomic E-state index is 12.1. The van der Waals surface area contributed by atoms with Crippen molar-refractivity contribution in [2.45, 2.75) is 26.2 Å². The molecule has 1 atom stereocenters. The highest BCUT2D eigenvalue weighted by molar-refractivity contribution is 5.94. The lowest BCUT2D eigenvalue weighted by atomic mass is 10.1. The van der Waals surface area contributed by atoms with E-state index in [1.807, 2.05) is 37.3 Å². The number of hydrogen-bond donors (Lipinski definition) is 1. The maximum absolute atomic E-state index is 12.1. The second-order valence-electron chi connectivity index (χ2n) is 4.93. The molecule has 0 saturated heterocycles. The molecule has 0 fully saturated rings. The molecule has 120 valence electrons. The molecule has 0 aliphatic rings. The Morgan fingerprint density at radius 1 is 1.04 bits per heavy atom. The van der Waals surface area contributed by atoms with Crippen molar-refractivity contribution in [1.82, 2.24) is 0 Å². The fraction of sp³-hybridized carbons (Fsp3) is 0.222. The second kappa shape index (κ2) is 8.10. The van der Waals surface area contributed by atoms with Crippen molar-refractivity contribution in [1.29, 1.82) is 0 Å². The number of carbonyl (C=O) groups excluding carboxylic acids is 1. The molecule has 1 unspecified atom stereocenters. The van der Waals surface area contributed by atoms with Gasteiger partial charge in [-0.3, -0.25) is 0 Å². The Labute approximate surface area is 134 Å². The quantitative estimate of drug-likeness (QED) is 0.625. The number of carboxylic acids is 1. The van der Waals surface area contributed by atoms with Crippen LogP contribution in [0.15, 0.2) is 54.6 Å². The van der Waals surface area contributed by atoms with E-state index in [-0.39, 0.29) is 11.1 Å². The first-order valence-corrected chi connectivity index (χ1v) is 7.30. The van der Waals surface area contributed by atoms with Crippen molar-refractivity contribution in [3.05, 3.63) is 71.3 Å². The molecule has 0 saturated carbocycles. The summed E-state index contributed by atoms with van der Waals surface area (Å²) in [4.78, 5) is 23.0. The molecule has 1 N–H and O–H groups in total. The van der Waals surface area contributed by atoms with Crippen LogP contribution >= 0.6 is 0 Å². The Hall–Kier alpha value is -2.66. The number of carbonyl (C=O) groups is 2. The van der Waals surface area contributed by atoms with Gasteiger partial charge in [0.1, 0.15) is 0 Å². The van der Waals surface area contributed by atoms with E-state index in [1.54, 1.807) is 0 Å². The first-order valence-electron chi connectivity index (χ1n) is 7.30. The molecule has 0 aliphatic carbocycles. The highest BCUT2D eigenvalue weighted by Crippen LogP contribution is 2.12. The van der Waals surface area contributed by atoms with Crippen LogP contribution < -0.4 is 0 Å². The summed E-state index contributed by atoms with van der Waals surface area (Å²) in [6.07, 6.45) is -0.187. The van der Waals surface area contributed by atoms with Gasteiger partial charge in [0.15, 0.2) is 0 Å². The van der Waals surface area contributed by atoms with E-state index in [2.05, 4.69) is 0 Å². The van der Waals surface area contributed by atoms with Crippen molar-refractivity contribution in [2.24, 2.45) is 0 Å². The van der Waals surface area contributed by atoms with Gasteiger partial charge in [-0.15, -0.1) is 0 Å². The number of benzene rings is 2. The number of carboxylic acid groups (broad SMARTS) is 1. The van der Waals surface area contributed by atoms with Crippen LogP contribution in [0.25, 0.3) is 0 Å². The molecule has 0 bridgehead atoms. The van der Waals surface area contributed by atoms with E-state index in [0.29, 0.717) is 13.0 Å². The number of ether oxygens (including phenoxy) is 2. The molecular formula is C18H18O5. The van der Waals surface area contributed by atoms with Crippen LogP contribution in [-0.4, -0.2) is 23.3 Å². The zero-order valence-electron chi connectivity index (χ0n) is 12.8.